The van der Waals surface area contributed by atoms with Crippen molar-refractivity contribution < 1.29 is 13.2 Å². The molecule has 1 saturated heterocycles. The Bertz CT molecular complexity index is 1150. The van der Waals surface area contributed by atoms with Crippen LogP contribution in [-0.2, 0) is 0 Å². The molecule has 12 heteroatoms. The summed E-state index contributed by atoms with van der Waals surface area (Å²) in [6, 6.07) is 2.00. The van der Waals surface area contributed by atoms with Crippen LogP contribution in [0.2, 0.25) is 0 Å². The van der Waals surface area contributed by atoms with Gasteiger partial charge < -0.3 is 10.2 Å². The summed E-state index contributed by atoms with van der Waals surface area (Å²) in [6.45, 7) is 6.39. The number of rotatable bonds is 7. The summed E-state index contributed by atoms with van der Waals surface area (Å²) in [5.74, 6) is 0. The van der Waals surface area contributed by atoms with Crippen molar-refractivity contribution in [1.82, 2.24) is 29.6 Å². The number of pyridine rings is 1. The van der Waals surface area contributed by atoms with Crippen molar-refractivity contribution in [3.63, 3.8) is 0 Å². The average Bonchev–Trinajstić information content (AvgIpc) is 3.17. The highest BCUT2D eigenvalue weighted by atomic mass is 32.2. The fourth-order valence-electron chi connectivity index (χ4n) is 4.02. The van der Waals surface area contributed by atoms with Crippen LogP contribution in [0.15, 0.2) is 23.4 Å². The molecule has 3 aromatic heterocycles. The van der Waals surface area contributed by atoms with E-state index in [2.05, 4.69) is 57.0 Å². The molecule has 33 heavy (non-hydrogen) atoms. The van der Waals surface area contributed by atoms with Crippen molar-refractivity contribution in [3.05, 3.63) is 23.5 Å². The predicted molar refractivity (Wildman–Crippen MR) is 125 cm³/mol. The van der Waals surface area contributed by atoms with Crippen LogP contribution < -0.4 is 14.9 Å². The molecule has 0 amide bonds. The summed E-state index contributed by atoms with van der Waals surface area (Å²) in [7, 11) is 0. The first-order valence-electron chi connectivity index (χ1n) is 10.9. The van der Waals surface area contributed by atoms with Gasteiger partial charge in [-0.25, -0.2) is 18.2 Å². The lowest BCUT2D eigenvalue weighted by Crippen LogP contribution is -2.61. The number of hydrogen-bond donors (Lipinski definition) is 2. The van der Waals surface area contributed by atoms with Crippen molar-refractivity contribution in [2.45, 2.75) is 68.6 Å². The quantitative estimate of drug-likeness (QED) is 0.467. The van der Waals surface area contributed by atoms with E-state index in [0.717, 1.165) is 34.8 Å². The molecule has 3 aromatic rings. The molecule has 3 atom stereocenters. The van der Waals surface area contributed by atoms with Crippen molar-refractivity contribution in [1.29, 1.82) is 0 Å². The number of fused-ring (bicyclic) bond motifs is 1. The number of imidazole rings is 1. The van der Waals surface area contributed by atoms with Gasteiger partial charge in [-0.2, -0.15) is 0 Å². The van der Waals surface area contributed by atoms with Gasteiger partial charge >= 0.3 is 0 Å². The summed E-state index contributed by atoms with van der Waals surface area (Å²) >= 11 is 2.41. The second-order valence-electron chi connectivity index (χ2n) is 9.11. The number of nitrogens with zero attached hydrogens (tertiary/aromatic N) is 5. The van der Waals surface area contributed by atoms with Gasteiger partial charge in [0.05, 0.1) is 17.9 Å². The molecular formula is C21H26F3N7S2. The zero-order valence-electron chi connectivity index (χ0n) is 18.6. The lowest BCUT2D eigenvalue weighted by molar-refractivity contribution is 0.150. The highest BCUT2D eigenvalue weighted by Crippen LogP contribution is 2.39. The highest BCUT2D eigenvalue weighted by molar-refractivity contribution is 7.97. The van der Waals surface area contributed by atoms with Crippen LogP contribution in [0.3, 0.4) is 0 Å². The Balaban J connectivity index is 1.60. The first-order valence-corrected chi connectivity index (χ1v) is 12.6. The maximum Gasteiger partial charge on any atom is 0.291 e. The Morgan fingerprint density at radius 3 is 2.79 bits per heavy atom. The van der Waals surface area contributed by atoms with Crippen LogP contribution in [0.1, 0.15) is 45.0 Å². The molecule has 7 nitrogen and oxygen atoms in total. The van der Waals surface area contributed by atoms with Gasteiger partial charge in [0.15, 0.2) is 15.7 Å². The van der Waals surface area contributed by atoms with Crippen LogP contribution in [0.25, 0.3) is 16.3 Å². The highest BCUT2D eigenvalue weighted by Gasteiger charge is 2.37. The molecular weight excluding hydrogens is 471 g/mol. The molecule has 0 spiro atoms. The summed E-state index contributed by atoms with van der Waals surface area (Å²) < 4.78 is 45.2. The van der Waals surface area contributed by atoms with Crippen molar-refractivity contribution in [2.75, 3.05) is 18.1 Å². The van der Waals surface area contributed by atoms with Crippen LogP contribution in [0, 0.1) is 0 Å². The minimum atomic E-state index is -2.67. The van der Waals surface area contributed by atoms with E-state index in [4.69, 9.17) is 0 Å². The molecule has 2 aliphatic rings. The van der Waals surface area contributed by atoms with Crippen molar-refractivity contribution in [2.24, 2.45) is 0 Å². The summed E-state index contributed by atoms with van der Waals surface area (Å²) in [4.78, 5) is 7.77. The Kier molecular flexibility index (Phi) is 6.04. The first kappa shape index (κ1) is 22.9. The van der Waals surface area contributed by atoms with Crippen LogP contribution in [0.5, 0.6) is 0 Å². The summed E-state index contributed by atoms with van der Waals surface area (Å²) in [6.07, 6.45) is 3.16. The number of halogens is 3. The standard InChI is InChI=1S/C21H26F3N7S2/c1-11-12(2)30(9-13(7-22)26-11)15-6-14(33-29-21(3)4-5-21)10-31-16(8-25-18(15)31)19-27-28-20(32-19)17(23)24/h6,8,10-13,17,26,29H,4-5,7,9H2,1-3H3/t11-,12-,13+/m0/s1. The topological polar surface area (TPSA) is 70.4 Å². The van der Waals surface area contributed by atoms with E-state index in [1.807, 2.05) is 10.6 Å². The van der Waals surface area contributed by atoms with Gasteiger partial charge in [-0.15, -0.1) is 10.2 Å². The van der Waals surface area contributed by atoms with Gasteiger partial charge in [0.1, 0.15) is 12.4 Å². The number of alkyl halides is 3. The maximum absolute atomic E-state index is 13.6. The van der Waals surface area contributed by atoms with E-state index in [-0.39, 0.29) is 28.7 Å². The molecule has 2 fully saturated rings. The zero-order valence-corrected chi connectivity index (χ0v) is 20.2. The molecule has 1 saturated carbocycles. The van der Waals surface area contributed by atoms with Crippen LogP contribution in [-0.4, -0.2) is 56.5 Å². The minimum absolute atomic E-state index is 0.0885. The molecule has 1 aliphatic carbocycles. The molecule has 0 unspecified atom stereocenters. The summed E-state index contributed by atoms with van der Waals surface area (Å²) in [5, 5.41) is 11.0. The molecule has 4 heterocycles. The fourth-order valence-corrected chi connectivity index (χ4v) is 5.62. The van der Waals surface area contributed by atoms with Gasteiger partial charge in [-0.1, -0.05) is 11.3 Å². The molecule has 178 valence electrons. The third kappa shape index (κ3) is 4.45. The van der Waals surface area contributed by atoms with E-state index in [1.54, 1.807) is 18.1 Å². The van der Waals surface area contributed by atoms with Crippen LogP contribution >= 0.6 is 23.3 Å². The monoisotopic (exact) mass is 497 g/mol. The van der Waals surface area contributed by atoms with E-state index in [0.29, 0.717) is 22.9 Å². The second kappa shape index (κ2) is 8.71. The Morgan fingerprint density at radius 2 is 2.12 bits per heavy atom. The van der Waals surface area contributed by atoms with Crippen molar-refractivity contribution >= 4 is 34.6 Å². The zero-order chi connectivity index (χ0) is 23.3. The van der Waals surface area contributed by atoms with Gasteiger partial charge in [0.2, 0.25) is 0 Å². The number of piperazine rings is 1. The number of nitrogens with one attached hydrogen (secondary N) is 2. The molecule has 0 radical (unpaired) electrons. The van der Waals surface area contributed by atoms with E-state index in [1.165, 1.54) is 0 Å². The van der Waals surface area contributed by atoms with Gasteiger partial charge in [-0.3, -0.25) is 9.12 Å². The third-order valence-electron chi connectivity index (χ3n) is 6.45. The SMILES string of the molecule is C[C@@H]1N[C@H](CF)CN(c2cc(SNC3(C)CC3)cn3c(-c4nnc(C(F)F)s4)cnc23)[C@H]1C. The van der Waals surface area contributed by atoms with Crippen molar-refractivity contribution in [3.8, 4) is 10.7 Å². The Morgan fingerprint density at radius 1 is 1.33 bits per heavy atom. The minimum Gasteiger partial charge on any atom is -0.363 e. The number of aromatic nitrogens is 4. The lowest BCUT2D eigenvalue weighted by Gasteiger charge is -2.43. The Hall–Kier alpha value is -1.89. The maximum atomic E-state index is 13.6. The van der Waals surface area contributed by atoms with E-state index < -0.39 is 13.1 Å². The largest absolute Gasteiger partial charge is 0.363 e. The fraction of sp³-hybridized carbons (Fsp3) is 0.571. The summed E-state index contributed by atoms with van der Waals surface area (Å²) in [5.41, 5.74) is 2.29. The van der Waals surface area contributed by atoms with Gasteiger partial charge in [-0.05, 0) is 51.6 Å². The average molecular weight is 498 g/mol. The smallest absolute Gasteiger partial charge is 0.291 e. The number of anilines is 1. The number of hydrogen-bond acceptors (Lipinski definition) is 8. The van der Waals surface area contributed by atoms with Gasteiger partial charge in [0, 0.05) is 35.3 Å². The molecule has 0 bridgehead atoms. The first-order chi connectivity index (χ1) is 15.8. The van der Waals surface area contributed by atoms with Gasteiger partial charge in [0.25, 0.3) is 6.43 Å². The molecule has 0 aromatic carbocycles. The van der Waals surface area contributed by atoms with E-state index in [9.17, 15) is 13.2 Å². The third-order valence-corrected chi connectivity index (χ3v) is 8.46. The molecule has 5 rings (SSSR count). The second-order valence-corrected chi connectivity index (χ2v) is 11.0. The Labute approximate surface area is 198 Å². The van der Waals surface area contributed by atoms with Crippen LogP contribution in [0.4, 0.5) is 18.9 Å². The predicted octanol–water partition coefficient (Wildman–Crippen LogP) is 4.46. The van der Waals surface area contributed by atoms with E-state index >= 15 is 0 Å². The molecule has 2 N–H and O–H groups in total. The normalized spacial score (nSPS) is 24.7. The molecule has 1 aliphatic heterocycles. The lowest BCUT2D eigenvalue weighted by atomic mass is 10.0.